The quantitative estimate of drug-likeness (QED) is 0.770. The molecular weight excluding hydrogens is 240 g/mol. The highest BCUT2D eigenvalue weighted by Gasteiger charge is 2.22. The molecule has 6 heteroatoms. The van der Waals surface area contributed by atoms with Gasteiger partial charge in [0.1, 0.15) is 5.75 Å². The molecule has 17 heavy (non-hydrogen) atoms. The molecule has 0 aliphatic carbocycles. The lowest BCUT2D eigenvalue weighted by molar-refractivity contribution is -0.115. The number of nitrogens with two attached hydrogens (primary N) is 1. The molecule has 0 heterocycles. The number of rotatable bonds is 6. The first-order chi connectivity index (χ1) is 7.92. The minimum absolute atomic E-state index is 0.250. The van der Waals surface area contributed by atoms with E-state index in [0.717, 1.165) is 5.69 Å². The van der Waals surface area contributed by atoms with E-state index in [9.17, 15) is 13.2 Å². The van der Waals surface area contributed by atoms with Crippen LogP contribution >= 0.6 is 0 Å². The molecular formula is C11H16N2O3S. The van der Waals surface area contributed by atoms with Gasteiger partial charge >= 0.3 is 0 Å². The van der Waals surface area contributed by atoms with E-state index in [1.165, 1.54) is 0 Å². The minimum Gasteiger partial charge on any atom is -0.384 e. The van der Waals surface area contributed by atoms with Crippen LogP contribution in [-0.4, -0.2) is 31.9 Å². The maximum atomic E-state index is 11.6. The summed E-state index contributed by atoms with van der Waals surface area (Å²) in [7, 11) is -3.47. The fourth-order valence-electron chi connectivity index (χ4n) is 1.29. The van der Waals surface area contributed by atoms with Gasteiger partial charge in [0.15, 0.2) is 9.84 Å². The van der Waals surface area contributed by atoms with Crippen LogP contribution in [0.25, 0.3) is 0 Å². The predicted octanol–water partition coefficient (Wildman–Crippen LogP) is 0.387. The number of primary amides is 1. The molecule has 1 rings (SSSR count). The van der Waals surface area contributed by atoms with Crippen molar-refractivity contribution in [2.75, 3.05) is 17.6 Å². The third-order valence-electron chi connectivity index (χ3n) is 2.32. The molecule has 0 aromatic heterocycles. The van der Waals surface area contributed by atoms with Crippen molar-refractivity contribution in [3.63, 3.8) is 0 Å². The monoisotopic (exact) mass is 256 g/mol. The molecule has 1 amide bonds. The summed E-state index contributed by atoms with van der Waals surface area (Å²) in [6, 6.07) is 9.26. The third kappa shape index (κ3) is 4.44. The number of sulfone groups is 1. The molecule has 0 bridgehead atoms. The predicted molar refractivity (Wildman–Crippen MR) is 67.4 cm³/mol. The fourth-order valence-corrected chi connectivity index (χ4v) is 2.30. The summed E-state index contributed by atoms with van der Waals surface area (Å²) in [5, 5.41) is 2.34. The minimum atomic E-state index is -3.47. The lowest BCUT2D eigenvalue weighted by Crippen LogP contribution is -2.33. The second-order valence-electron chi connectivity index (χ2n) is 3.83. The van der Waals surface area contributed by atoms with Crippen LogP contribution in [0.1, 0.15) is 6.92 Å². The highest BCUT2D eigenvalue weighted by atomic mass is 32.2. The van der Waals surface area contributed by atoms with Crippen LogP contribution in [0, 0.1) is 0 Å². The van der Waals surface area contributed by atoms with E-state index in [1.807, 2.05) is 30.3 Å². The first kappa shape index (κ1) is 13.5. The van der Waals surface area contributed by atoms with E-state index in [0.29, 0.717) is 0 Å². The number of hydrogen-bond donors (Lipinski definition) is 2. The lowest BCUT2D eigenvalue weighted by Gasteiger charge is -2.13. The summed E-state index contributed by atoms with van der Waals surface area (Å²) in [4.78, 5) is 10.6. The number of carbonyl (C=O) groups excluding carboxylic acids is 1. The zero-order chi connectivity index (χ0) is 12.9. The largest absolute Gasteiger partial charge is 0.384 e. The van der Waals surface area contributed by atoms with Gasteiger partial charge in [0, 0.05) is 12.2 Å². The first-order valence-electron chi connectivity index (χ1n) is 5.20. The molecule has 0 spiro atoms. The molecule has 1 atom stereocenters. The molecule has 5 nitrogen and oxygen atoms in total. The molecule has 3 N–H and O–H groups in total. The van der Waals surface area contributed by atoms with Gasteiger partial charge in [-0.2, -0.15) is 0 Å². The molecule has 0 radical (unpaired) electrons. The van der Waals surface area contributed by atoms with Crippen molar-refractivity contribution in [3.8, 4) is 0 Å². The Morgan fingerprint density at radius 1 is 1.35 bits per heavy atom. The van der Waals surface area contributed by atoms with Gasteiger partial charge in [-0.05, 0) is 19.1 Å². The normalized spacial score (nSPS) is 13.0. The number of hydrogen-bond acceptors (Lipinski definition) is 4. The molecule has 1 aromatic carbocycles. The van der Waals surface area contributed by atoms with Crippen molar-refractivity contribution >= 4 is 21.4 Å². The highest BCUT2D eigenvalue weighted by molar-refractivity contribution is 7.92. The molecule has 0 saturated heterocycles. The van der Waals surface area contributed by atoms with E-state index in [2.05, 4.69) is 5.32 Å². The maximum Gasteiger partial charge on any atom is 0.232 e. The van der Waals surface area contributed by atoms with Crippen molar-refractivity contribution in [2.24, 2.45) is 5.73 Å². The zero-order valence-electron chi connectivity index (χ0n) is 9.59. The summed E-state index contributed by atoms with van der Waals surface area (Å²) in [6.45, 7) is 1.80. The molecule has 94 valence electrons. The SMILES string of the molecule is CC(CNc1ccccc1)S(=O)(=O)CC(N)=O. The Kier molecular flexibility index (Phi) is 4.51. The summed E-state index contributed by atoms with van der Waals surface area (Å²) in [5.41, 5.74) is 5.73. The van der Waals surface area contributed by atoms with Gasteiger partial charge in [-0.25, -0.2) is 8.42 Å². The first-order valence-corrected chi connectivity index (χ1v) is 6.92. The average Bonchev–Trinajstić information content (AvgIpc) is 2.25. The number of anilines is 1. The van der Waals surface area contributed by atoms with Gasteiger partial charge in [-0.3, -0.25) is 4.79 Å². The lowest BCUT2D eigenvalue weighted by atomic mass is 10.3. The third-order valence-corrected chi connectivity index (χ3v) is 4.40. The number of nitrogens with one attached hydrogen (secondary N) is 1. The van der Waals surface area contributed by atoms with Gasteiger partial charge in [0.05, 0.1) is 5.25 Å². The van der Waals surface area contributed by atoms with Crippen LogP contribution < -0.4 is 11.1 Å². The molecule has 0 aliphatic rings. The Morgan fingerprint density at radius 3 is 2.47 bits per heavy atom. The Hall–Kier alpha value is -1.56. The van der Waals surface area contributed by atoms with Crippen molar-refractivity contribution in [1.82, 2.24) is 0 Å². The molecule has 1 aromatic rings. The van der Waals surface area contributed by atoms with Gasteiger partial charge in [-0.15, -0.1) is 0 Å². The van der Waals surface area contributed by atoms with E-state index < -0.39 is 26.7 Å². The average molecular weight is 256 g/mol. The van der Waals surface area contributed by atoms with E-state index in [-0.39, 0.29) is 6.54 Å². The van der Waals surface area contributed by atoms with Crippen LogP contribution in [0.5, 0.6) is 0 Å². The zero-order valence-corrected chi connectivity index (χ0v) is 10.4. The number of amides is 1. The van der Waals surface area contributed by atoms with Gasteiger partial charge in [0.2, 0.25) is 5.91 Å². The highest BCUT2D eigenvalue weighted by Crippen LogP contribution is 2.07. The summed E-state index contributed by atoms with van der Waals surface area (Å²) in [5.74, 6) is -1.43. The summed E-state index contributed by atoms with van der Waals surface area (Å²) in [6.07, 6.45) is 0. The second kappa shape index (κ2) is 5.67. The Morgan fingerprint density at radius 2 is 1.94 bits per heavy atom. The molecule has 0 saturated carbocycles. The van der Waals surface area contributed by atoms with Crippen LogP contribution in [-0.2, 0) is 14.6 Å². The number of carbonyl (C=O) groups is 1. The van der Waals surface area contributed by atoms with Crippen molar-refractivity contribution in [3.05, 3.63) is 30.3 Å². The van der Waals surface area contributed by atoms with Crippen LogP contribution in [0.3, 0.4) is 0 Å². The topological polar surface area (TPSA) is 89.3 Å². The maximum absolute atomic E-state index is 11.6. The number of benzene rings is 1. The van der Waals surface area contributed by atoms with Gasteiger partial charge in [-0.1, -0.05) is 18.2 Å². The Balaban J connectivity index is 2.55. The second-order valence-corrected chi connectivity index (χ2v) is 6.25. The Labute approximate surface area is 101 Å². The summed E-state index contributed by atoms with van der Waals surface area (Å²) < 4.78 is 23.2. The molecule has 1 unspecified atom stereocenters. The Bertz CT molecular complexity index is 471. The van der Waals surface area contributed by atoms with Crippen LogP contribution in [0.15, 0.2) is 30.3 Å². The van der Waals surface area contributed by atoms with Crippen molar-refractivity contribution in [2.45, 2.75) is 12.2 Å². The summed E-state index contributed by atoms with van der Waals surface area (Å²) >= 11 is 0. The number of para-hydroxylation sites is 1. The molecule has 0 fully saturated rings. The van der Waals surface area contributed by atoms with E-state index in [4.69, 9.17) is 5.73 Å². The van der Waals surface area contributed by atoms with Crippen LogP contribution in [0.2, 0.25) is 0 Å². The van der Waals surface area contributed by atoms with Crippen LogP contribution in [0.4, 0.5) is 5.69 Å². The van der Waals surface area contributed by atoms with E-state index in [1.54, 1.807) is 6.92 Å². The smallest absolute Gasteiger partial charge is 0.232 e. The van der Waals surface area contributed by atoms with Gasteiger partial charge in [0.25, 0.3) is 0 Å². The van der Waals surface area contributed by atoms with Gasteiger partial charge < -0.3 is 11.1 Å². The molecule has 0 aliphatic heterocycles. The standard InChI is InChI=1S/C11H16N2O3S/c1-9(17(15,16)8-11(12)14)7-13-10-5-3-2-4-6-10/h2-6,9,13H,7-8H2,1H3,(H2,12,14). The van der Waals surface area contributed by atoms with E-state index >= 15 is 0 Å². The van der Waals surface area contributed by atoms with Crippen molar-refractivity contribution in [1.29, 1.82) is 0 Å². The fraction of sp³-hybridized carbons (Fsp3) is 0.364. The van der Waals surface area contributed by atoms with Crippen molar-refractivity contribution < 1.29 is 13.2 Å².